The fourth-order valence-corrected chi connectivity index (χ4v) is 2.55. The van der Waals surface area contributed by atoms with Gasteiger partial charge in [-0.15, -0.1) is 0 Å². The van der Waals surface area contributed by atoms with Gasteiger partial charge in [0.15, 0.2) is 0 Å². The number of nitrogens with two attached hydrogens (primary N) is 1. The van der Waals surface area contributed by atoms with Gasteiger partial charge < -0.3 is 15.2 Å². The molecule has 0 fully saturated rings. The van der Waals surface area contributed by atoms with Crippen molar-refractivity contribution in [3.63, 3.8) is 0 Å². The monoisotopic (exact) mass is 369 g/mol. The number of carbonyl (C=O) groups excluding carboxylic acids is 1. The molecule has 3 N–H and O–H groups in total. The largest absolute Gasteiger partial charge is 0.493 e. The lowest BCUT2D eigenvalue weighted by Gasteiger charge is -2.16. The van der Waals surface area contributed by atoms with Crippen LogP contribution in [-0.4, -0.2) is 25.5 Å². The molecule has 0 heterocycles. The van der Waals surface area contributed by atoms with Crippen LogP contribution in [0.4, 0.5) is 4.79 Å². The van der Waals surface area contributed by atoms with E-state index in [0.717, 1.165) is 24.2 Å². The number of hydrogen-bond acceptors (Lipinski definition) is 4. The Morgan fingerprint density at radius 3 is 2.44 bits per heavy atom. The zero-order chi connectivity index (χ0) is 19.5. The van der Waals surface area contributed by atoms with Crippen molar-refractivity contribution in [1.29, 1.82) is 0 Å². The Balaban J connectivity index is 1.83. The van der Waals surface area contributed by atoms with Gasteiger partial charge in [-0.3, -0.25) is 0 Å². The van der Waals surface area contributed by atoms with Crippen molar-refractivity contribution in [1.82, 2.24) is 5.43 Å². The highest BCUT2D eigenvalue weighted by Crippen LogP contribution is 2.28. The maximum Gasteiger partial charge on any atom is 0.332 e. The first-order chi connectivity index (χ1) is 13.1. The quantitative estimate of drug-likeness (QED) is 0.376. The number of para-hydroxylation sites is 2. The van der Waals surface area contributed by atoms with Crippen LogP contribution in [0.15, 0.2) is 53.6 Å². The Bertz CT molecular complexity index is 762. The molecule has 2 amide bonds. The lowest BCUT2D eigenvalue weighted by atomic mass is 9.98. The van der Waals surface area contributed by atoms with Crippen molar-refractivity contribution in [2.24, 2.45) is 10.8 Å². The van der Waals surface area contributed by atoms with Gasteiger partial charge in [0.25, 0.3) is 0 Å². The summed E-state index contributed by atoms with van der Waals surface area (Å²) < 4.78 is 11.8. The van der Waals surface area contributed by atoms with Gasteiger partial charge in [-0.2, -0.15) is 5.10 Å². The van der Waals surface area contributed by atoms with Crippen LogP contribution in [0.1, 0.15) is 43.7 Å². The Kier molecular flexibility index (Phi) is 8.16. The van der Waals surface area contributed by atoms with Crippen LogP contribution in [0, 0.1) is 0 Å². The highest BCUT2D eigenvalue weighted by atomic mass is 16.5. The third-order valence-electron chi connectivity index (χ3n) is 4.16. The second-order valence-electron chi connectivity index (χ2n) is 6.17. The van der Waals surface area contributed by atoms with E-state index in [1.165, 1.54) is 11.8 Å². The third-order valence-corrected chi connectivity index (χ3v) is 4.16. The van der Waals surface area contributed by atoms with Crippen LogP contribution in [-0.2, 0) is 0 Å². The average Bonchev–Trinajstić information content (AvgIpc) is 2.68. The fourth-order valence-electron chi connectivity index (χ4n) is 2.55. The average molecular weight is 369 g/mol. The van der Waals surface area contributed by atoms with E-state index >= 15 is 0 Å². The highest BCUT2D eigenvalue weighted by Gasteiger charge is 2.09. The Hall–Kier alpha value is -3.02. The number of benzene rings is 2. The smallest absolute Gasteiger partial charge is 0.332 e. The van der Waals surface area contributed by atoms with Gasteiger partial charge in [0.2, 0.25) is 0 Å². The summed E-state index contributed by atoms with van der Waals surface area (Å²) in [4.78, 5) is 10.7. The minimum absolute atomic E-state index is 0.470. The number of primary amides is 1. The van der Waals surface area contributed by atoms with Crippen molar-refractivity contribution in [2.45, 2.75) is 32.6 Å². The van der Waals surface area contributed by atoms with Crippen LogP contribution in [0.5, 0.6) is 11.5 Å². The van der Waals surface area contributed by atoms with E-state index in [1.54, 1.807) is 0 Å². The van der Waals surface area contributed by atoms with E-state index in [9.17, 15) is 4.79 Å². The van der Waals surface area contributed by atoms with Crippen molar-refractivity contribution >= 4 is 12.2 Å². The maximum atomic E-state index is 10.7. The number of carbonyl (C=O) groups is 1. The van der Waals surface area contributed by atoms with Crippen molar-refractivity contribution in [3.05, 3.63) is 59.7 Å². The molecule has 144 valence electrons. The first-order valence-electron chi connectivity index (χ1n) is 9.13. The molecular weight excluding hydrogens is 342 g/mol. The summed E-state index contributed by atoms with van der Waals surface area (Å²) in [7, 11) is 0. The van der Waals surface area contributed by atoms with Gasteiger partial charge in [0.1, 0.15) is 11.5 Å². The van der Waals surface area contributed by atoms with E-state index in [0.29, 0.717) is 24.9 Å². The van der Waals surface area contributed by atoms with Crippen LogP contribution in [0.2, 0.25) is 0 Å². The first-order valence-corrected chi connectivity index (χ1v) is 9.13. The molecule has 0 spiro atoms. The number of ether oxygens (including phenoxy) is 2. The van der Waals surface area contributed by atoms with E-state index in [-0.39, 0.29) is 0 Å². The van der Waals surface area contributed by atoms with Gasteiger partial charge in [-0.1, -0.05) is 44.2 Å². The van der Waals surface area contributed by atoms with Crippen molar-refractivity contribution < 1.29 is 14.3 Å². The summed E-state index contributed by atoms with van der Waals surface area (Å²) in [5.74, 6) is 2.10. The molecule has 6 nitrogen and oxygen atoms in total. The topological polar surface area (TPSA) is 85.9 Å². The number of nitrogens with one attached hydrogen (secondary N) is 1. The van der Waals surface area contributed by atoms with Crippen LogP contribution < -0.4 is 20.6 Å². The van der Waals surface area contributed by atoms with Crippen LogP contribution in [0.25, 0.3) is 0 Å². The fraction of sp³-hybridized carbons (Fsp3) is 0.333. The summed E-state index contributed by atoms with van der Waals surface area (Å²) in [6.45, 7) is 5.47. The number of rotatable bonds is 10. The zero-order valence-corrected chi connectivity index (χ0v) is 15.9. The van der Waals surface area contributed by atoms with Gasteiger partial charge in [-0.05, 0) is 36.1 Å². The molecular formula is C21H27N3O3. The minimum Gasteiger partial charge on any atom is -0.493 e. The van der Waals surface area contributed by atoms with Crippen molar-refractivity contribution in [2.75, 3.05) is 13.2 Å². The molecule has 27 heavy (non-hydrogen) atoms. The van der Waals surface area contributed by atoms with E-state index in [4.69, 9.17) is 15.2 Å². The minimum atomic E-state index is -0.709. The Morgan fingerprint density at radius 1 is 1.11 bits per heavy atom. The van der Waals surface area contributed by atoms with Crippen LogP contribution >= 0.6 is 0 Å². The molecule has 2 aromatic carbocycles. The van der Waals surface area contributed by atoms with Crippen LogP contribution in [0.3, 0.4) is 0 Å². The molecule has 2 rings (SSSR count). The summed E-state index contributed by atoms with van der Waals surface area (Å²) in [6.07, 6.45) is 3.32. The summed E-state index contributed by atoms with van der Waals surface area (Å²) >= 11 is 0. The first kappa shape index (κ1) is 20.3. The number of hydrogen-bond donors (Lipinski definition) is 2. The molecule has 0 saturated carbocycles. The third kappa shape index (κ3) is 6.66. The highest BCUT2D eigenvalue weighted by molar-refractivity contribution is 5.84. The standard InChI is InChI=1S/C21H27N3O3/c1-3-16(2)18-10-5-7-12-20(18)27-14-8-13-26-19-11-6-4-9-17(19)15-23-24-21(22)25/h4-7,9-12,15-16H,3,8,13-14H2,1-2H3,(H3,22,24,25)/b23-15-/t16-/m0/s1. The Labute approximate surface area is 160 Å². The lowest BCUT2D eigenvalue weighted by molar-refractivity contribution is 0.245. The lowest BCUT2D eigenvalue weighted by Crippen LogP contribution is -2.24. The number of amides is 2. The van der Waals surface area contributed by atoms with Gasteiger partial charge >= 0.3 is 6.03 Å². The van der Waals surface area contributed by atoms with E-state index in [2.05, 4.69) is 30.4 Å². The molecule has 0 aliphatic rings. The second-order valence-corrected chi connectivity index (χ2v) is 6.17. The van der Waals surface area contributed by atoms with Crippen molar-refractivity contribution in [3.8, 4) is 11.5 Å². The summed E-state index contributed by atoms with van der Waals surface area (Å²) in [5.41, 5.74) is 9.15. The Morgan fingerprint density at radius 2 is 1.74 bits per heavy atom. The number of hydrazone groups is 1. The molecule has 0 aliphatic carbocycles. The SMILES string of the molecule is CC[C@H](C)c1ccccc1OCCCOc1ccccc1/C=N\NC(N)=O. The maximum absolute atomic E-state index is 10.7. The molecule has 0 aliphatic heterocycles. The number of urea groups is 1. The zero-order valence-electron chi connectivity index (χ0n) is 15.9. The molecule has 0 unspecified atom stereocenters. The van der Waals surface area contributed by atoms with Gasteiger partial charge in [-0.25, -0.2) is 10.2 Å². The molecule has 0 aromatic heterocycles. The van der Waals surface area contributed by atoms with Gasteiger partial charge in [0, 0.05) is 12.0 Å². The van der Waals surface area contributed by atoms with E-state index in [1.807, 2.05) is 42.5 Å². The predicted molar refractivity (Wildman–Crippen MR) is 108 cm³/mol. The normalized spacial score (nSPS) is 11.9. The molecule has 0 saturated heterocycles. The van der Waals surface area contributed by atoms with Gasteiger partial charge in [0.05, 0.1) is 19.4 Å². The van der Waals surface area contributed by atoms with E-state index < -0.39 is 6.03 Å². The molecule has 6 heteroatoms. The molecule has 1 atom stereocenters. The second kappa shape index (κ2) is 10.9. The molecule has 2 aromatic rings. The molecule has 0 bridgehead atoms. The summed E-state index contributed by atoms with van der Waals surface area (Å²) in [5, 5.41) is 3.77. The number of nitrogens with zero attached hydrogens (tertiary/aromatic N) is 1. The summed E-state index contributed by atoms with van der Waals surface area (Å²) in [6, 6.07) is 14.9. The molecule has 0 radical (unpaired) electrons. The predicted octanol–water partition coefficient (Wildman–Crippen LogP) is 4.05.